The molecule has 1 aliphatic rings. The fraction of sp³-hybridized carbons (Fsp3) is 0.344. The molecule has 0 aliphatic carbocycles. The van der Waals surface area contributed by atoms with Gasteiger partial charge in [0, 0.05) is 18.7 Å². The van der Waals surface area contributed by atoms with E-state index in [-0.39, 0.29) is 31.5 Å². The highest BCUT2D eigenvalue weighted by Crippen LogP contribution is 2.14. The lowest BCUT2D eigenvalue weighted by atomic mass is 10.00. The largest absolute Gasteiger partial charge is 0.459 e. The quantitative estimate of drug-likeness (QED) is 0.303. The van der Waals surface area contributed by atoms with Crippen LogP contribution in [0, 0.1) is 0 Å². The molecule has 3 aromatic rings. The van der Waals surface area contributed by atoms with E-state index in [1.807, 2.05) is 66.7 Å². The van der Waals surface area contributed by atoms with Crippen LogP contribution >= 0.6 is 0 Å². The first-order valence-corrected chi connectivity index (χ1v) is 13.8. The minimum absolute atomic E-state index is 0.106. The van der Waals surface area contributed by atoms with Gasteiger partial charge in [0.05, 0.1) is 18.2 Å². The van der Waals surface area contributed by atoms with Crippen LogP contribution in [0.1, 0.15) is 40.7 Å². The number of hydrogen-bond donors (Lipinski definition) is 3. The molecule has 1 heterocycles. The van der Waals surface area contributed by atoms with Crippen LogP contribution in [0.25, 0.3) is 0 Å². The van der Waals surface area contributed by atoms with Crippen molar-refractivity contribution in [1.82, 2.24) is 15.5 Å². The highest BCUT2D eigenvalue weighted by molar-refractivity contribution is 5.94. The Labute approximate surface area is 235 Å². The van der Waals surface area contributed by atoms with Crippen LogP contribution in [0.5, 0.6) is 0 Å². The molecule has 1 fully saturated rings. The van der Waals surface area contributed by atoms with E-state index in [4.69, 9.17) is 4.74 Å². The molecule has 0 spiro atoms. The lowest BCUT2D eigenvalue weighted by Gasteiger charge is -2.28. The van der Waals surface area contributed by atoms with Crippen molar-refractivity contribution in [3.05, 3.63) is 108 Å². The Bertz CT molecular complexity index is 1220. The molecule has 210 valence electrons. The smallest absolute Gasteiger partial charge is 0.325 e. The van der Waals surface area contributed by atoms with Crippen molar-refractivity contribution in [3.63, 3.8) is 0 Å². The third-order valence-corrected chi connectivity index (χ3v) is 7.03. The highest BCUT2D eigenvalue weighted by Gasteiger charge is 2.30. The van der Waals surface area contributed by atoms with Gasteiger partial charge < -0.3 is 25.4 Å². The zero-order valence-electron chi connectivity index (χ0n) is 22.6. The van der Waals surface area contributed by atoms with Crippen molar-refractivity contribution in [1.29, 1.82) is 0 Å². The van der Waals surface area contributed by atoms with Crippen molar-refractivity contribution in [2.24, 2.45) is 0 Å². The number of rotatable bonds is 12. The van der Waals surface area contributed by atoms with Gasteiger partial charge in [0.15, 0.2) is 0 Å². The number of benzene rings is 3. The van der Waals surface area contributed by atoms with Crippen LogP contribution in [0.4, 0.5) is 0 Å². The lowest BCUT2D eigenvalue weighted by molar-refractivity contribution is -0.150. The molecule has 2 unspecified atom stereocenters. The zero-order valence-corrected chi connectivity index (χ0v) is 22.6. The van der Waals surface area contributed by atoms with Crippen molar-refractivity contribution < 1.29 is 24.2 Å². The average molecular weight is 544 g/mol. The van der Waals surface area contributed by atoms with E-state index < -0.39 is 24.2 Å². The maximum absolute atomic E-state index is 13.3. The van der Waals surface area contributed by atoms with Gasteiger partial charge in [0.2, 0.25) is 5.91 Å². The maximum atomic E-state index is 13.3. The minimum Gasteiger partial charge on any atom is -0.459 e. The molecule has 0 aromatic heterocycles. The van der Waals surface area contributed by atoms with Crippen molar-refractivity contribution in [2.75, 3.05) is 19.6 Å². The number of ether oxygens (including phenoxy) is 1. The predicted molar refractivity (Wildman–Crippen MR) is 152 cm³/mol. The van der Waals surface area contributed by atoms with Crippen molar-refractivity contribution in [2.45, 2.75) is 50.5 Å². The van der Waals surface area contributed by atoms with Crippen LogP contribution in [0.15, 0.2) is 91.0 Å². The lowest BCUT2D eigenvalue weighted by Crippen LogP contribution is -2.53. The fourth-order valence-electron chi connectivity index (χ4n) is 4.79. The zero-order chi connectivity index (χ0) is 28.2. The molecule has 4 rings (SSSR count). The summed E-state index contributed by atoms with van der Waals surface area (Å²) in [6, 6.07) is 26.8. The second-order valence-corrected chi connectivity index (χ2v) is 10.1. The van der Waals surface area contributed by atoms with Gasteiger partial charge in [0.25, 0.3) is 5.91 Å². The molecule has 1 aliphatic heterocycles. The number of carbonyl (C=O) groups is 3. The van der Waals surface area contributed by atoms with E-state index >= 15 is 0 Å². The SMILES string of the molecule is O=C(CN1CCCC[C@H](NCC(O)C(Cc2ccccc2)NC(=O)c2ccccc2)C1=O)OCc1ccccc1. The Morgan fingerprint density at radius 3 is 2.20 bits per heavy atom. The van der Waals surface area contributed by atoms with Crippen LogP contribution in [-0.4, -0.2) is 65.6 Å². The van der Waals surface area contributed by atoms with Crippen LogP contribution in [0.3, 0.4) is 0 Å². The van der Waals surface area contributed by atoms with Gasteiger partial charge in [-0.05, 0) is 48.9 Å². The molecule has 8 heteroatoms. The summed E-state index contributed by atoms with van der Waals surface area (Å²) in [6.07, 6.45) is 1.67. The van der Waals surface area contributed by atoms with Gasteiger partial charge >= 0.3 is 5.97 Å². The number of nitrogens with one attached hydrogen (secondary N) is 2. The Balaban J connectivity index is 1.34. The third kappa shape index (κ3) is 8.76. The summed E-state index contributed by atoms with van der Waals surface area (Å²) < 4.78 is 5.38. The molecule has 0 bridgehead atoms. The van der Waals surface area contributed by atoms with Gasteiger partial charge in [-0.25, -0.2) is 0 Å². The first-order valence-electron chi connectivity index (χ1n) is 13.8. The summed E-state index contributed by atoms with van der Waals surface area (Å²) >= 11 is 0. The fourth-order valence-corrected chi connectivity index (χ4v) is 4.79. The number of esters is 1. The number of hydrogen-bond acceptors (Lipinski definition) is 6. The van der Waals surface area contributed by atoms with E-state index in [1.54, 1.807) is 24.3 Å². The van der Waals surface area contributed by atoms with Gasteiger partial charge in [-0.2, -0.15) is 0 Å². The number of nitrogens with zero attached hydrogens (tertiary/aromatic N) is 1. The van der Waals surface area contributed by atoms with Gasteiger partial charge in [-0.15, -0.1) is 0 Å². The number of aliphatic hydroxyl groups is 1. The van der Waals surface area contributed by atoms with E-state index in [9.17, 15) is 19.5 Å². The first-order chi connectivity index (χ1) is 19.5. The molecule has 0 saturated carbocycles. The van der Waals surface area contributed by atoms with Crippen LogP contribution in [-0.2, 0) is 27.4 Å². The minimum atomic E-state index is -0.951. The Kier molecular flexibility index (Phi) is 10.8. The van der Waals surface area contributed by atoms with E-state index in [2.05, 4.69) is 10.6 Å². The van der Waals surface area contributed by atoms with Crippen molar-refractivity contribution in [3.8, 4) is 0 Å². The summed E-state index contributed by atoms with van der Waals surface area (Å²) in [4.78, 5) is 40.2. The van der Waals surface area contributed by atoms with Gasteiger partial charge in [-0.1, -0.05) is 78.9 Å². The molecular formula is C32H37N3O5. The summed E-state index contributed by atoms with van der Waals surface area (Å²) in [5.74, 6) is -0.912. The first kappa shape index (κ1) is 29.0. The second kappa shape index (κ2) is 15.0. The Morgan fingerprint density at radius 1 is 0.900 bits per heavy atom. The summed E-state index contributed by atoms with van der Waals surface area (Å²) in [5, 5.41) is 17.3. The molecular weight excluding hydrogens is 506 g/mol. The molecule has 0 radical (unpaired) electrons. The van der Waals surface area contributed by atoms with Crippen LogP contribution < -0.4 is 10.6 Å². The summed E-state index contributed by atoms with van der Waals surface area (Å²) in [7, 11) is 0. The van der Waals surface area contributed by atoms with Crippen molar-refractivity contribution >= 4 is 17.8 Å². The van der Waals surface area contributed by atoms with Gasteiger partial charge in [0.1, 0.15) is 13.2 Å². The third-order valence-electron chi connectivity index (χ3n) is 7.03. The number of carbonyl (C=O) groups excluding carboxylic acids is 3. The predicted octanol–water partition coefficient (Wildman–Crippen LogP) is 3.10. The second-order valence-electron chi connectivity index (χ2n) is 10.1. The van der Waals surface area contributed by atoms with Crippen LogP contribution in [0.2, 0.25) is 0 Å². The molecule has 40 heavy (non-hydrogen) atoms. The summed E-state index contributed by atoms with van der Waals surface area (Å²) in [6.45, 7) is 0.627. The molecule has 2 amide bonds. The maximum Gasteiger partial charge on any atom is 0.325 e. The Morgan fingerprint density at radius 2 is 1.52 bits per heavy atom. The average Bonchev–Trinajstić information content (AvgIpc) is 3.16. The topological polar surface area (TPSA) is 108 Å². The highest BCUT2D eigenvalue weighted by atomic mass is 16.5. The van der Waals surface area contributed by atoms with E-state index in [0.29, 0.717) is 24.9 Å². The number of aliphatic hydroxyl groups excluding tert-OH is 1. The molecule has 3 N–H and O–H groups in total. The van der Waals surface area contributed by atoms with Gasteiger partial charge in [-0.3, -0.25) is 14.4 Å². The Hall–Kier alpha value is -4.01. The molecule has 3 aromatic carbocycles. The molecule has 8 nitrogen and oxygen atoms in total. The molecule has 3 atom stereocenters. The standard InChI is InChI=1S/C32H37N3O5/c36-29(28(20-24-12-4-1-5-13-24)34-31(38)26-16-8-3-9-17-26)21-33-27-18-10-11-19-35(32(27)39)22-30(37)40-23-25-14-6-2-7-15-25/h1-9,12-17,27-29,33,36H,10-11,18-23H2,(H,34,38)/t27-,28?,29?/m0/s1. The normalized spacial score (nSPS) is 17.0. The summed E-state index contributed by atoms with van der Waals surface area (Å²) in [5.41, 5.74) is 2.37. The number of likely N-dealkylation sites (tertiary alicyclic amines) is 1. The number of amides is 2. The monoisotopic (exact) mass is 543 g/mol. The van der Waals surface area contributed by atoms with E-state index in [1.165, 1.54) is 4.90 Å². The van der Waals surface area contributed by atoms with E-state index in [0.717, 1.165) is 24.0 Å². The molecule has 1 saturated heterocycles.